The SMILES string of the molecule is Cc1ccc2c(c1)nc(C1=C(O)CN(Cc3ccc(C(=O)OC(C)C)cc3)C1=N)n2C. The van der Waals surface area contributed by atoms with E-state index >= 15 is 0 Å². The average Bonchev–Trinajstić information content (AvgIpc) is 3.17. The fraction of sp³-hybridized carbons (Fsp3) is 0.292. The number of aryl methyl sites for hydroxylation is 2. The van der Waals surface area contributed by atoms with Crippen LogP contribution in [0.5, 0.6) is 0 Å². The lowest BCUT2D eigenvalue weighted by atomic mass is 10.1. The number of carbonyl (C=O) groups excluding carboxylic acids is 1. The van der Waals surface area contributed by atoms with Gasteiger partial charge < -0.3 is 19.3 Å². The van der Waals surface area contributed by atoms with Crippen molar-refractivity contribution in [3.63, 3.8) is 0 Å². The van der Waals surface area contributed by atoms with Gasteiger partial charge in [0.2, 0.25) is 0 Å². The standard InChI is InChI=1S/C24H26N4O3/c1-14(2)31-24(30)17-8-6-16(7-9-17)12-28-13-20(29)21(22(28)25)23-26-18-11-15(3)5-10-19(18)27(23)4/h5-11,14,25,29H,12-13H2,1-4H3. The van der Waals surface area contributed by atoms with Crippen LogP contribution in [0.4, 0.5) is 0 Å². The lowest BCUT2D eigenvalue weighted by Crippen LogP contribution is -2.26. The molecule has 2 aromatic carbocycles. The van der Waals surface area contributed by atoms with E-state index in [0.717, 1.165) is 22.2 Å². The highest BCUT2D eigenvalue weighted by Crippen LogP contribution is 2.30. The molecule has 0 fully saturated rings. The normalized spacial score (nSPS) is 14.2. The molecule has 4 rings (SSSR count). The molecule has 2 N–H and O–H groups in total. The van der Waals surface area contributed by atoms with Gasteiger partial charge in [0, 0.05) is 13.6 Å². The average molecular weight is 418 g/mol. The zero-order valence-electron chi connectivity index (χ0n) is 18.1. The number of carbonyl (C=O) groups is 1. The van der Waals surface area contributed by atoms with E-state index in [-0.39, 0.29) is 30.2 Å². The third-order valence-corrected chi connectivity index (χ3v) is 5.35. The molecule has 0 saturated heterocycles. The van der Waals surface area contributed by atoms with Gasteiger partial charge in [-0.25, -0.2) is 9.78 Å². The number of esters is 1. The quantitative estimate of drug-likeness (QED) is 0.606. The van der Waals surface area contributed by atoms with Gasteiger partial charge in [-0.2, -0.15) is 0 Å². The first kappa shape index (κ1) is 20.7. The lowest BCUT2D eigenvalue weighted by Gasteiger charge is -2.19. The summed E-state index contributed by atoms with van der Waals surface area (Å²) in [5.74, 6) is 0.597. The van der Waals surface area contributed by atoms with Crippen molar-refractivity contribution in [2.75, 3.05) is 6.54 Å². The Bertz CT molecular complexity index is 1210. The van der Waals surface area contributed by atoms with E-state index in [9.17, 15) is 9.90 Å². The Labute approximate surface area is 181 Å². The van der Waals surface area contributed by atoms with Crippen LogP contribution in [-0.4, -0.2) is 44.0 Å². The maximum atomic E-state index is 12.0. The molecular formula is C24H26N4O3. The molecule has 0 unspecified atom stereocenters. The Hall–Kier alpha value is -3.61. The van der Waals surface area contributed by atoms with E-state index in [1.807, 2.05) is 62.7 Å². The summed E-state index contributed by atoms with van der Waals surface area (Å²) in [6.07, 6.45) is -0.170. The first-order valence-corrected chi connectivity index (χ1v) is 10.2. The number of ether oxygens (including phenoxy) is 1. The number of hydrogen-bond donors (Lipinski definition) is 2. The highest BCUT2D eigenvalue weighted by molar-refractivity contribution is 6.23. The number of rotatable bonds is 5. The number of fused-ring (bicyclic) bond motifs is 1. The molecule has 7 heteroatoms. The number of amidine groups is 1. The van der Waals surface area contributed by atoms with Crippen molar-refractivity contribution in [3.8, 4) is 0 Å². The van der Waals surface area contributed by atoms with Crippen molar-refractivity contribution >= 4 is 28.4 Å². The predicted octanol–water partition coefficient (Wildman–Crippen LogP) is 4.21. The summed E-state index contributed by atoms with van der Waals surface area (Å²) in [7, 11) is 1.89. The minimum atomic E-state index is -0.353. The van der Waals surface area contributed by atoms with Crippen LogP contribution < -0.4 is 0 Å². The van der Waals surface area contributed by atoms with Crippen LogP contribution in [0, 0.1) is 12.3 Å². The van der Waals surface area contributed by atoms with Gasteiger partial charge in [-0.15, -0.1) is 0 Å². The summed E-state index contributed by atoms with van der Waals surface area (Å²) >= 11 is 0. The number of aliphatic hydroxyl groups is 1. The molecule has 2 heterocycles. The Morgan fingerprint density at radius 3 is 2.61 bits per heavy atom. The van der Waals surface area contributed by atoms with Gasteiger partial charge in [0.05, 0.1) is 34.8 Å². The molecule has 3 aromatic rings. The van der Waals surface area contributed by atoms with Gasteiger partial charge in [0.1, 0.15) is 17.4 Å². The fourth-order valence-corrected chi connectivity index (χ4v) is 3.79. The molecule has 160 valence electrons. The first-order valence-electron chi connectivity index (χ1n) is 10.2. The summed E-state index contributed by atoms with van der Waals surface area (Å²) in [5.41, 5.74) is 4.78. The van der Waals surface area contributed by atoms with Crippen LogP contribution in [0.3, 0.4) is 0 Å². The molecule has 0 saturated carbocycles. The number of hydrogen-bond acceptors (Lipinski definition) is 5. The zero-order valence-corrected chi connectivity index (χ0v) is 18.1. The van der Waals surface area contributed by atoms with Crippen LogP contribution >= 0.6 is 0 Å². The monoisotopic (exact) mass is 418 g/mol. The highest BCUT2D eigenvalue weighted by Gasteiger charge is 2.31. The third kappa shape index (κ3) is 3.91. The molecule has 1 aromatic heterocycles. The van der Waals surface area contributed by atoms with Crippen molar-refractivity contribution in [2.24, 2.45) is 7.05 Å². The van der Waals surface area contributed by atoms with Gasteiger partial charge in [-0.3, -0.25) is 5.41 Å². The van der Waals surface area contributed by atoms with Crippen LogP contribution in [0.1, 0.15) is 41.2 Å². The second kappa shape index (κ2) is 7.91. The Morgan fingerprint density at radius 2 is 1.94 bits per heavy atom. The maximum absolute atomic E-state index is 12.0. The van der Waals surface area contributed by atoms with Crippen LogP contribution in [-0.2, 0) is 18.3 Å². The largest absolute Gasteiger partial charge is 0.510 e. The van der Waals surface area contributed by atoms with Gasteiger partial charge in [0.25, 0.3) is 0 Å². The van der Waals surface area contributed by atoms with Crippen molar-refractivity contribution < 1.29 is 14.6 Å². The van der Waals surface area contributed by atoms with Crippen molar-refractivity contribution in [1.82, 2.24) is 14.5 Å². The molecule has 0 spiro atoms. The number of aromatic nitrogens is 2. The number of benzene rings is 2. The molecule has 0 bridgehead atoms. The van der Waals surface area contributed by atoms with E-state index in [2.05, 4.69) is 4.98 Å². The van der Waals surface area contributed by atoms with Gasteiger partial charge in [-0.05, 0) is 56.2 Å². The van der Waals surface area contributed by atoms with Gasteiger partial charge in [-0.1, -0.05) is 18.2 Å². The minimum Gasteiger partial charge on any atom is -0.510 e. The number of aliphatic hydroxyl groups excluding tert-OH is 1. The summed E-state index contributed by atoms with van der Waals surface area (Å²) in [6.45, 7) is 6.32. The Kier molecular flexibility index (Phi) is 5.27. The van der Waals surface area contributed by atoms with E-state index in [0.29, 0.717) is 23.5 Å². The zero-order chi connectivity index (χ0) is 22.3. The predicted molar refractivity (Wildman–Crippen MR) is 120 cm³/mol. The fourth-order valence-electron chi connectivity index (χ4n) is 3.79. The summed E-state index contributed by atoms with van der Waals surface area (Å²) < 4.78 is 7.12. The summed E-state index contributed by atoms with van der Waals surface area (Å²) in [4.78, 5) is 18.5. The molecule has 0 atom stereocenters. The van der Waals surface area contributed by atoms with E-state index in [1.54, 1.807) is 17.0 Å². The second-order valence-corrected chi connectivity index (χ2v) is 8.16. The topological polar surface area (TPSA) is 91.4 Å². The number of nitrogens with zero attached hydrogens (tertiary/aromatic N) is 3. The molecule has 31 heavy (non-hydrogen) atoms. The summed E-state index contributed by atoms with van der Waals surface area (Å²) in [6, 6.07) is 13.2. The summed E-state index contributed by atoms with van der Waals surface area (Å²) in [5, 5.41) is 19.3. The molecule has 0 amide bonds. The molecule has 0 aliphatic carbocycles. The van der Waals surface area contributed by atoms with E-state index < -0.39 is 0 Å². The van der Waals surface area contributed by atoms with Crippen LogP contribution in [0.2, 0.25) is 0 Å². The number of nitrogens with one attached hydrogen (secondary N) is 1. The first-order chi connectivity index (χ1) is 14.7. The molecule has 1 aliphatic heterocycles. The lowest BCUT2D eigenvalue weighted by molar-refractivity contribution is 0.0378. The number of imidazole rings is 1. The van der Waals surface area contributed by atoms with Gasteiger partial charge in [0.15, 0.2) is 0 Å². The molecule has 1 aliphatic rings. The van der Waals surface area contributed by atoms with Crippen LogP contribution in [0.25, 0.3) is 16.6 Å². The van der Waals surface area contributed by atoms with Crippen molar-refractivity contribution in [2.45, 2.75) is 33.4 Å². The van der Waals surface area contributed by atoms with Gasteiger partial charge >= 0.3 is 5.97 Å². The van der Waals surface area contributed by atoms with E-state index in [1.165, 1.54) is 0 Å². The Morgan fingerprint density at radius 1 is 1.23 bits per heavy atom. The molecule has 0 radical (unpaired) electrons. The highest BCUT2D eigenvalue weighted by atomic mass is 16.5. The van der Waals surface area contributed by atoms with Crippen LogP contribution in [0.15, 0.2) is 48.2 Å². The maximum Gasteiger partial charge on any atom is 0.338 e. The van der Waals surface area contributed by atoms with E-state index in [4.69, 9.17) is 10.1 Å². The Balaban J connectivity index is 1.53. The molecule has 7 nitrogen and oxygen atoms in total. The van der Waals surface area contributed by atoms with Crippen molar-refractivity contribution in [1.29, 1.82) is 5.41 Å². The van der Waals surface area contributed by atoms with Crippen molar-refractivity contribution in [3.05, 3.63) is 70.7 Å². The molecular weight excluding hydrogens is 392 g/mol. The minimum absolute atomic E-state index is 0.136. The smallest absolute Gasteiger partial charge is 0.338 e. The third-order valence-electron chi connectivity index (χ3n) is 5.35. The second-order valence-electron chi connectivity index (χ2n) is 8.16.